The molecule has 13 heteroatoms. The Bertz CT molecular complexity index is 2000. The largest absolute Gasteiger partial charge is 0.508 e. The summed E-state index contributed by atoms with van der Waals surface area (Å²) in [6.07, 6.45) is 10.9. The Morgan fingerprint density at radius 2 is 2.04 bits per heavy atom. The van der Waals surface area contributed by atoms with Crippen LogP contribution in [0.5, 0.6) is 17.5 Å². The molecule has 1 aromatic heterocycles. The third-order valence-corrected chi connectivity index (χ3v) is 10.8. The first-order valence-electron chi connectivity index (χ1n) is 16.5. The third kappa shape index (κ3) is 4.91. The lowest BCUT2D eigenvalue weighted by Gasteiger charge is -2.42. The SMILES string of the molecule is C#Cc1c(F)ccc2cc(O)cc(N3Cc4nc(OCC56CCCN5CCC6)nc(N5C[C@H]6C[C@@H](C#N)[C@@H](C5)N6C(=O)C=C)c4OC3=O)c12. The zero-order chi connectivity index (χ0) is 34.0. The summed E-state index contributed by atoms with van der Waals surface area (Å²) >= 11 is 0. The number of halogens is 1. The monoisotopic (exact) mass is 663 g/mol. The number of anilines is 2. The van der Waals surface area contributed by atoms with Gasteiger partial charge in [-0.2, -0.15) is 15.2 Å². The Morgan fingerprint density at radius 1 is 1.24 bits per heavy atom. The number of ether oxygens (including phenoxy) is 2. The molecule has 4 fully saturated rings. The lowest BCUT2D eigenvalue weighted by molar-refractivity contribution is -0.129. The lowest BCUT2D eigenvalue weighted by atomic mass is 9.95. The first-order chi connectivity index (χ1) is 23.7. The van der Waals surface area contributed by atoms with Crippen LogP contribution < -0.4 is 19.3 Å². The number of carbonyl (C=O) groups is 2. The Balaban J connectivity index is 1.20. The molecule has 0 unspecified atom stereocenters. The quantitative estimate of drug-likeness (QED) is 0.304. The summed E-state index contributed by atoms with van der Waals surface area (Å²) < 4.78 is 27.3. The van der Waals surface area contributed by atoms with Crippen molar-refractivity contribution in [3.63, 3.8) is 0 Å². The molecule has 0 aliphatic carbocycles. The minimum Gasteiger partial charge on any atom is -0.508 e. The molecule has 4 saturated heterocycles. The van der Waals surface area contributed by atoms with Crippen LogP contribution in [-0.2, 0) is 11.3 Å². The number of benzene rings is 2. The molecule has 8 rings (SSSR count). The number of piperazine rings is 1. The molecule has 1 N–H and O–H groups in total. The van der Waals surface area contributed by atoms with Crippen LogP contribution in [0.1, 0.15) is 43.4 Å². The molecule has 0 saturated carbocycles. The average Bonchev–Trinajstić information content (AvgIpc) is 3.75. The number of phenolic OH excluding ortho intramolecular Hbond substituents is 1. The molecule has 12 nitrogen and oxygen atoms in total. The zero-order valence-corrected chi connectivity index (χ0v) is 26.8. The number of terminal acetylenes is 1. The third-order valence-electron chi connectivity index (χ3n) is 10.8. The zero-order valence-electron chi connectivity index (χ0n) is 26.8. The molecule has 5 aliphatic heterocycles. The van der Waals surface area contributed by atoms with E-state index in [4.69, 9.17) is 25.9 Å². The highest BCUT2D eigenvalue weighted by Crippen LogP contribution is 2.44. The molecule has 2 aromatic carbocycles. The number of aromatic hydroxyl groups is 1. The van der Waals surface area contributed by atoms with Crippen molar-refractivity contribution in [2.24, 2.45) is 5.92 Å². The Kier molecular flexibility index (Phi) is 7.34. The Morgan fingerprint density at radius 3 is 2.78 bits per heavy atom. The van der Waals surface area contributed by atoms with Crippen molar-refractivity contribution >= 4 is 34.3 Å². The van der Waals surface area contributed by atoms with Crippen molar-refractivity contribution in [1.29, 1.82) is 5.26 Å². The number of hydrogen-bond acceptors (Lipinski definition) is 10. The van der Waals surface area contributed by atoms with Crippen molar-refractivity contribution in [3.8, 4) is 35.9 Å². The highest BCUT2D eigenvalue weighted by Gasteiger charge is 2.50. The Labute approximate surface area is 282 Å². The van der Waals surface area contributed by atoms with Gasteiger partial charge < -0.3 is 24.4 Å². The van der Waals surface area contributed by atoms with Gasteiger partial charge in [0, 0.05) is 24.5 Å². The molecular weight excluding hydrogens is 629 g/mol. The molecule has 2 bridgehead atoms. The van der Waals surface area contributed by atoms with E-state index in [0.29, 0.717) is 36.5 Å². The van der Waals surface area contributed by atoms with E-state index in [0.717, 1.165) is 38.8 Å². The van der Waals surface area contributed by atoms with Crippen LogP contribution in [0.2, 0.25) is 0 Å². The summed E-state index contributed by atoms with van der Waals surface area (Å²) in [6, 6.07) is 7.27. The molecule has 3 atom stereocenters. The maximum atomic E-state index is 14.9. The van der Waals surface area contributed by atoms with Gasteiger partial charge in [-0.3, -0.25) is 14.6 Å². The van der Waals surface area contributed by atoms with Gasteiger partial charge in [0.05, 0.1) is 47.4 Å². The number of aromatic nitrogens is 2. The number of amides is 2. The topological polar surface area (TPSA) is 135 Å². The van der Waals surface area contributed by atoms with Gasteiger partial charge in [-0.15, -0.1) is 6.42 Å². The first kappa shape index (κ1) is 30.9. The summed E-state index contributed by atoms with van der Waals surface area (Å²) in [5, 5.41) is 21.3. The summed E-state index contributed by atoms with van der Waals surface area (Å²) in [6.45, 7) is 6.61. The number of rotatable bonds is 6. The number of nitriles is 1. The normalized spacial score (nSPS) is 23.9. The summed E-state index contributed by atoms with van der Waals surface area (Å²) in [5.74, 6) is 1.45. The second-order valence-corrected chi connectivity index (χ2v) is 13.4. The maximum Gasteiger partial charge on any atom is 0.420 e. The van der Waals surface area contributed by atoms with Gasteiger partial charge in [-0.25, -0.2) is 9.18 Å². The molecular formula is C36H34FN7O5. The first-order valence-corrected chi connectivity index (χ1v) is 16.5. The lowest BCUT2D eigenvalue weighted by Crippen LogP contribution is -2.56. The van der Waals surface area contributed by atoms with E-state index in [1.165, 1.54) is 35.2 Å². The molecule has 3 aromatic rings. The van der Waals surface area contributed by atoms with E-state index in [1.807, 2.05) is 4.90 Å². The number of fused-ring (bicyclic) bond motifs is 5. The van der Waals surface area contributed by atoms with E-state index < -0.39 is 18.0 Å². The van der Waals surface area contributed by atoms with Crippen LogP contribution >= 0.6 is 0 Å². The summed E-state index contributed by atoms with van der Waals surface area (Å²) in [5.41, 5.74) is 0.378. The van der Waals surface area contributed by atoms with Crippen LogP contribution in [0.15, 0.2) is 36.9 Å². The van der Waals surface area contributed by atoms with E-state index in [9.17, 15) is 24.3 Å². The second kappa shape index (κ2) is 11.6. The number of hydrogen-bond donors (Lipinski definition) is 1. The molecule has 5 aliphatic rings. The maximum absolute atomic E-state index is 14.9. The Hall–Kier alpha value is -5.40. The number of nitrogens with zero attached hydrogens (tertiary/aromatic N) is 7. The standard InChI is InChI=1S/C36H34FN7O5/c1-3-25-26(37)8-7-21-14-24(45)15-28(31(21)25)43-18-27-32(49-35(43)47)33(40-34(39-27)48-20-36-9-5-11-42(36)12-6-10-36)41-17-23-13-22(16-38)29(19-41)44(23)30(46)4-2/h1,4,7-8,14-15,22-23,29,45H,2,5-6,9-13,17-20H2/t22-,23+,29+/m0/s1. The number of carbonyl (C=O) groups excluding carboxylic acids is 2. The smallest absolute Gasteiger partial charge is 0.420 e. The molecule has 49 heavy (non-hydrogen) atoms. The van der Waals surface area contributed by atoms with Crippen LogP contribution in [0, 0.1) is 35.4 Å². The van der Waals surface area contributed by atoms with Crippen LogP contribution in [0.3, 0.4) is 0 Å². The van der Waals surface area contributed by atoms with E-state index in [-0.39, 0.29) is 70.6 Å². The average molecular weight is 664 g/mol. The van der Waals surface area contributed by atoms with Gasteiger partial charge >= 0.3 is 12.1 Å². The van der Waals surface area contributed by atoms with Crippen molar-refractivity contribution in [2.75, 3.05) is 42.6 Å². The molecule has 250 valence electrons. The van der Waals surface area contributed by atoms with E-state index in [2.05, 4.69) is 23.5 Å². The predicted octanol–water partition coefficient (Wildman–Crippen LogP) is 4.10. The molecule has 0 radical (unpaired) electrons. The summed E-state index contributed by atoms with van der Waals surface area (Å²) in [7, 11) is 0. The highest BCUT2D eigenvalue weighted by molar-refractivity contribution is 6.06. The van der Waals surface area contributed by atoms with Crippen molar-refractivity contribution in [3.05, 3.63) is 54.0 Å². The van der Waals surface area contributed by atoms with Crippen LogP contribution in [-0.4, -0.2) is 87.3 Å². The molecule has 2 amide bonds. The highest BCUT2D eigenvalue weighted by atomic mass is 19.1. The van der Waals surface area contributed by atoms with E-state index in [1.54, 1.807) is 4.90 Å². The predicted molar refractivity (Wildman–Crippen MR) is 177 cm³/mol. The van der Waals surface area contributed by atoms with Gasteiger partial charge in [0.15, 0.2) is 11.6 Å². The second-order valence-electron chi connectivity index (χ2n) is 13.4. The van der Waals surface area contributed by atoms with Gasteiger partial charge in [-0.05, 0) is 68.8 Å². The van der Waals surface area contributed by atoms with Gasteiger partial charge in [0.1, 0.15) is 23.9 Å². The van der Waals surface area contributed by atoms with Gasteiger partial charge in [0.25, 0.3) is 0 Å². The minimum atomic E-state index is -0.796. The van der Waals surface area contributed by atoms with Crippen molar-refractivity contribution in [2.45, 2.75) is 56.3 Å². The van der Waals surface area contributed by atoms with Gasteiger partial charge in [0.2, 0.25) is 5.91 Å². The molecule has 6 heterocycles. The van der Waals surface area contributed by atoms with E-state index >= 15 is 0 Å². The molecule has 0 spiro atoms. The fraction of sp³-hybridized carbons (Fsp3) is 0.417. The summed E-state index contributed by atoms with van der Waals surface area (Å²) in [4.78, 5) is 43.6. The fourth-order valence-corrected chi connectivity index (χ4v) is 8.63. The van der Waals surface area contributed by atoms with Crippen LogP contribution in [0.25, 0.3) is 10.8 Å². The van der Waals surface area contributed by atoms with Crippen molar-refractivity contribution < 1.29 is 28.6 Å². The van der Waals surface area contributed by atoms with Crippen molar-refractivity contribution in [1.82, 2.24) is 19.8 Å². The van der Waals surface area contributed by atoms with Gasteiger partial charge in [-0.1, -0.05) is 18.6 Å². The van der Waals surface area contributed by atoms with Crippen LogP contribution in [0.4, 0.5) is 20.7 Å². The fourth-order valence-electron chi connectivity index (χ4n) is 8.63. The number of phenols is 1. The minimum absolute atomic E-state index is 0.0510.